The summed E-state index contributed by atoms with van der Waals surface area (Å²) in [4.78, 5) is 19.5. The number of benzene rings is 2. The van der Waals surface area contributed by atoms with Crippen LogP contribution in [0, 0.1) is 5.92 Å². The predicted octanol–water partition coefficient (Wildman–Crippen LogP) is 4.87. The third kappa shape index (κ3) is 4.71. The van der Waals surface area contributed by atoms with E-state index in [4.69, 9.17) is 9.47 Å². The maximum atomic E-state index is 11.5. The second-order valence-electron chi connectivity index (χ2n) is 7.84. The largest absolute Gasteiger partial charge is 0.491 e. The topological polar surface area (TPSA) is 51.7 Å². The zero-order valence-corrected chi connectivity index (χ0v) is 18.3. The van der Waals surface area contributed by atoms with E-state index in [2.05, 4.69) is 46.3 Å². The lowest BCUT2D eigenvalue weighted by atomic mass is 9.99. The summed E-state index contributed by atoms with van der Waals surface area (Å²) in [6.07, 6.45) is 2.08. The van der Waals surface area contributed by atoms with Gasteiger partial charge in [-0.15, -0.1) is 11.3 Å². The Morgan fingerprint density at radius 1 is 1.17 bits per heavy atom. The number of carbonyl (C=O) groups excluding carboxylic acids is 1. The Balaban J connectivity index is 1.40. The number of aromatic nitrogens is 1. The normalized spacial score (nSPS) is 14.5. The summed E-state index contributed by atoms with van der Waals surface area (Å²) >= 11 is 1.68. The highest BCUT2D eigenvalue weighted by Crippen LogP contribution is 2.34. The summed E-state index contributed by atoms with van der Waals surface area (Å²) in [6, 6.07) is 16.7. The first-order valence-electron chi connectivity index (χ1n) is 10.1. The molecule has 0 N–H and O–H groups in total. The SMILES string of the molecule is COC(=O)C1CN(Cc2ccc(-c3ncc(-c4cccc(OC(C)C)c4)s3)cc2)C1. The number of nitrogens with zero attached hydrogens (tertiary/aromatic N) is 2. The number of methoxy groups -OCH3 is 1. The lowest BCUT2D eigenvalue weighted by Gasteiger charge is -2.37. The maximum absolute atomic E-state index is 11.5. The molecule has 1 fully saturated rings. The van der Waals surface area contributed by atoms with Gasteiger partial charge in [0.15, 0.2) is 0 Å². The van der Waals surface area contributed by atoms with Gasteiger partial charge in [-0.3, -0.25) is 9.69 Å². The number of hydrogen-bond donors (Lipinski definition) is 0. The van der Waals surface area contributed by atoms with Crippen LogP contribution < -0.4 is 4.74 Å². The Morgan fingerprint density at radius 3 is 2.63 bits per heavy atom. The first-order chi connectivity index (χ1) is 14.5. The fraction of sp³-hybridized carbons (Fsp3) is 0.333. The second-order valence-corrected chi connectivity index (χ2v) is 8.87. The molecule has 1 aliphatic heterocycles. The van der Waals surface area contributed by atoms with Crippen molar-refractivity contribution in [2.75, 3.05) is 20.2 Å². The van der Waals surface area contributed by atoms with E-state index >= 15 is 0 Å². The van der Waals surface area contributed by atoms with E-state index < -0.39 is 0 Å². The third-order valence-corrected chi connectivity index (χ3v) is 6.19. The first kappa shape index (κ1) is 20.6. The lowest BCUT2D eigenvalue weighted by molar-refractivity contribution is -0.151. The predicted molar refractivity (Wildman–Crippen MR) is 120 cm³/mol. The minimum absolute atomic E-state index is 0.0208. The molecule has 1 aliphatic rings. The van der Waals surface area contributed by atoms with E-state index in [0.29, 0.717) is 0 Å². The summed E-state index contributed by atoms with van der Waals surface area (Å²) in [6.45, 7) is 6.44. The molecule has 0 radical (unpaired) electrons. The van der Waals surface area contributed by atoms with Crippen molar-refractivity contribution in [1.29, 1.82) is 0 Å². The van der Waals surface area contributed by atoms with Crippen LogP contribution in [0.1, 0.15) is 19.4 Å². The van der Waals surface area contributed by atoms with Crippen LogP contribution >= 0.6 is 11.3 Å². The van der Waals surface area contributed by atoms with Crippen LogP contribution in [0.15, 0.2) is 54.7 Å². The highest BCUT2D eigenvalue weighted by Gasteiger charge is 2.33. The van der Waals surface area contributed by atoms with Gasteiger partial charge in [0.05, 0.1) is 24.0 Å². The van der Waals surface area contributed by atoms with Gasteiger partial charge in [0, 0.05) is 31.4 Å². The van der Waals surface area contributed by atoms with Gasteiger partial charge in [0.2, 0.25) is 0 Å². The monoisotopic (exact) mass is 422 g/mol. The quantitative estimate of drug-likeness (QED) is 0.509. The molecule has 2 heterocycles. The molecule has 3 aromatic rings. The van der Waals surface area contributed by atoms with Crippen LogP contribution in [0.4, 0.5) is 0 Å². The molecule has 0 amide bonds. The number of carbonyl (C=O) groups is 1. The van der Waals surface area contributed by atoms with E-state index in [-0.39, 0.29) is 18.0 Å². The zero-order valence-electron chi connectivity index (χ0n) is 17.5. The second kappa shape index (κ2) is 8.98. The van der Waals surface area contributed by atoms with Gasteiger partial charge in [0.25, 0.3) is 0 Å². The molecule has 0 atom stereocenters. The Hall–Kier alpha value is -2.70. The van der Waals surface area contributed by atoms with Gasteiger partial charge < -0.3 is 9.47 Å². The van der Waals surface area contributed by atoms with Gasteiger partial charge in [-0.1, -0.05) is 36.4 Å². The molecule has 5 nitrogen and oxygen atoms in total. The molecule has 30 heavy (non-hydrogen) atoms. The number of hydrogen-bond acceptors (Lipinski definition) is 6. The Bertz CT molecular complexity index is 1010. The van der Waals surface area contributed by atoms with Gasteiger partial charge in [0.1, 0.15) is 10.8 Å². The highest BCUT2D eigenvalue weighted by molar-refractivity contribution is 7.18. The van der Waals surface area contributed by atoms with Crippen LogP contribution in [0.3, 0.4) is 0 Å². The molecule has 0 saturated carbocycles. The summed E-state index contributed by atoms with van der Waals surface area (Å²) in [5, 5.41) is 1.00. The van der Waals surface area contributed by atoms with E-state index in [1.807, 2.05) is 32.2 Å². The third-order valence-electron chi connectivity index (χ3n) is 5.09. The van der Waals surface area contributed by atoms with Crippen molar-refractivity contribution in [3.63, 3.8) is 0 Å². The Morgan fingerprint density at radius 2 is 1.93 bits per heavy atom. The maximum Gasteiger partial charge on any atom is 0.311 e. The molecule has 6 heteroatoms. The molecule has 0 spiro atoms. The number of thiazole rings is 1. The number of esters is 1. The molecule has 4 rings (SSSR count). The van der Waals surface area contributed by atoms with Gasteiger partial charge in [-0.2, -0.15) is 0 Å². The van der Waals surface area contributed by atoms with Crippen molar-refractivity contribution >= 4 is 17.3 Å². The molecule has 1 aromatic heterocycles. The van der Waals surface area contributed by atoms with E-state index in [9.17, 15) is 4.79 Å². The molecule has 0 aliphatic carbocycles. The van der Waals surface area contributed by atoms with Gasteiger partial charge in [-0.25, -0.2) is 4.98 Å². The van der Waals surface area contributed by atoms with Crippen LogP contribution in [-0.4, -0.2) is 42.2 Å². The van der Waals surface area contributed by atoms with Crippen molar-refractivity contribution in [3.05, 3.63) is 60.3 Å². The average Bonchev–Trinajstić information content (AvgIpc) is 3.20. The standard InChI is InChI=1S/C24H26N2O3S/c1-16(2)29-21-6-4-5-19(11-21)22-12-25-23(30-22)18-9-7-17(8-10-18)13-26-14-20(15-26)24(27)28-3/h4-12,16,20H,13-15H2,1-3H3. The molecule has 1 saturated heterocycles. The minimum atomic E-state index is -0.109. The fourth-order valence-electron chi connectivity index (χ4n) is 3.56. The Kier molecular flexibility index (Phi) is 6.16. The van der Waals surface area contributed by atoms with Crippen LogP contribution in [0.2, 0.25) is 0 Å². The molecular weight excluding hydrogens is 396 g/mol. The molecule has 0 bridgehead atoms. The van der Waals surface area contributed by atoms with E-state index in [0.717, 1.165) is 46.4 Å². The Labute approximate surface area is 181 Å². The first-order valence-corrected chi connectivity index (χ1v) is 11.0. The minimum Gasteiger partial charge on any atom is -0.491 e. The van der Waals surface area contributed by atoms with Crippen LogP contribution in [0.25, 0.3) is 21.0 Å². The number of rotatable bonds is 7. The lowest BCUT2D eigenvalue weighted by Crippen LogP contribution is -2.49. The van der Waals surface area contributed by atoms with E-state index in [1.165, 1.54) is 12.7 Å². The summed E-state index contributed by atoms with van der Waals surface area (Å²) in [5.74, 6) is 0.789. The van der Waals surface area contributed by atoms with Crippen molar-refractivity contribution in [1.82, 2.24) is 9.88 Å². The average molecular weight is 423 g/mol. The van der Waals surface area contributed by atoms with Crippen molar-refractivity contribution in [2.45, 2.75) is 26.5 Å². The molecular formula is C24H26N2O3S. The smallest absolute Gasteiger partial charge is 0.311 e. The number of likely N-dealkylation sites (tertiary alicyclic amines) is 1. The fourth-order valence-corrected chi connectivity index (χ4v) is 4.48. The van der Waals surface area contributed by atoms with Crippen LogP contribution in [-0.2, 0) is 16.1 Å². The zero-order chi connectivity index (χ0) is 21.1. The highest BCUT2D eigenvalue weighted by atomic mass is 32.1. The van der Waals surface area contributed by atoms with Crippen LogP contribution in [0.5, 0.6) is 5.75 Å². The van der Waals surface area contributed by atoms with Crippen molar-refractivity contribution in [3.8, 4) is 26.8 Å². The molecule has 156 valence electrons. The van der Waals surface area contributed by atoms with Gasteiger partial charge in [-0.05, 0) is 37.1 Å². The van der Waals surface area contributed by atoms with Gasteiger partial charge >= 0.3 is 5.97 Å². The summed E-state index contributed by atoms with van der Waals surface area (Å²) in [7, 11) is 1.45. The summed E-state index contributed by atoms with van der Waals surface area (Å²) < 4.78 is 10.6. The van der Waals surface area contributed by atoms with Crippen molar-refractivity contribution in [2.24, 2.45) is 5.92 Å². The van der Waals surface area contributed by atoms with E-state index in [1.54, 1.807) is 11.3 Å². The summed E-state index contributed by atoms with van der Waals surface area (Å²) in [5.41, 5.74) is 3.46. The molecule has 0 unspecified atom stereocenters. The molecule has 2 aromatic carbocycles. The number of ether oxygens (including phenoxy) is 2. The van der Waals surface area contributed by atoms with Crippen molar-refractivity contribution < 1.29 is 14.3 Å².